The molecule has 1 aromatic rings. The molecule has 0 spiro atoms. The second kappa shape index (κ2) is 5.88. The van der Waals surface area contributed by atoms with Gasteiger partial charge in [0.05, 0.1) is 8.66 Å². The lowest BCUT2D eigenvalue weighted by Crippen LogP contribution is -2.24. The lowest BCUT2D eigenvalue weighted by molar-refractivity contribution is 0.0957. The summed E-state index contributed by atoms with van der Waals surface area (Å²) in [5.41, 5.74) is 0. The van der Waals surface area contributed by atoms with E-state index in [0.717, 1.165) is 15.1 Å². The van der Waals surface area contributed by atoms with Crippen LogP contribution in [0.5, 0.6) is 0 Å². The third-order valence-electron chi connectivity index (χ3n) is 1.62. The van der Waals surface area contributed by atoms with Crippen LogP contribution in [0.1, 0.15) is 23.0 Å². The van der Waals surface area contributed by atoms with Crippen molar-refractivity contribution in [1.82, 2.24) is 5.32 Å². The van der Waals surface area contributed by atoms with Crippen LogP contribution in [-0.4, -0.2) is 17.3 Å². The van der Waals surface area contributed by atoms with Gasteiger partial charge in [0.2, 0.25) is 0 Å². The van der Waals surface area contributed by atoms with E-state index in [-0.39, 0.29) is 5.91 Å². The van der Waals surface area contributed by atoms with Crippen LogP contribution in [0.25, 0.3) is 0 Å². The molecular formula is C9H11Br2NOS. The Balaban J connectivity index is 2.36. The normalized spacial score (nSPS) is 12.5. The van der Waals surface area contributed by atoms with E-state index >= 15 is 0 Å². The molecule has 0 saturated heterocycles. The number of rotatable bonds is 4. The molecule has 1 heterocycles. The van der Waals surface area contributed by atoms with E-state index in [1.54, 1.807) is 0 Å². The number of halogens is 2. The Morgan fingerprint density at radius 2 is 2.36 bits per heavy atom. The molecule has 1 unspecified atom stereocenters. The fraction of sp³-hybridized carbons (Fsp3) is 0.444. The van der Waals surface area contributed by atoms with E-state index in [1.165, 1.54) is 11.3 Å². The summed E-state index contributed by atoms with van der Waals surface area (Å²) in [4.78, 5) is 12.7. The van der Waals surface area contributed by atoms with Crippen LogP contribution in [-0.2, 0) is 0 Å². The monoisotopic (exact) mass is 339 g/mol. The average Bonchev–Trinajstić information content (AvgIpc) is 2.51. The van der Waals surface area contributed by atoms with Crippen LogP contribution >= 0.6 is 43.2 Å². The summed E-state index contributed by atoms with van der Waals surface area (Å²) in [6, 6.07) is 3.70. The molecule has 1 rings (SSSR count). The maximum Gasteiger partial charge on any atom is 0.261 e. The molecule has 0 aliphatic rings. The van der Waals surface area contributed by atoms with Gasteiger partial charge < -0.3 is 5.32 Å². The minimum absolute atomic E-state index is 0.00819. The van der Waals surface area contributed by atoms with Crippen LogP contribution < -0.4 is 5.32 Å². The van der Waals surface area contributed by atoms with Gasteiger partial charge in [0.15, 0.2) is 0 Å². The molecule has 0 radical (unpaired) electrons. The predicted molar refractivity (Wildman–Crippen MR) is 67.4 cm³/mol. The Kier molecular flexibility index (Phi) is 5.12. The van der Waals surface area contributed by atoms with Gasteiger partial charge in [-0.3, -0.25) is 4.79 Å². The first kappa shape index (κ1) is 12.2. The lowest BCUT2D eigenvalue weighted by Gasteiger charge is -2.04. The van der Waals surface area contributed by atoms with E-state index in [4.69, 9.17) is 0 Å². The highest BCUT2D eigenvalue weighted by atomic mass is 79.9. The van der Waals surface area contributed by atoms with Crippen molar-refractivity contribution >= 4 is 49.1 Å². The zero-order chi connectivity index (χ0) is 10.6. The quantitative estimate of drug-likeness (QED) is 0.836. The van der Waals surface area contributed by atoms with Gasteiger partial charge in [0.1, 0.15) is 0 Å². The Morgan fingerprint density at radius 3 is 2.86 bits per heavy atom. The minimum atomic E-state index is 0.00819. The maximum absolute atomic E-state index is 11.5. The zero-order valence-electron chi connectivity index (χ0n) is 7.72. The molecule has 1 atom stereocenters. The molecule has 0 aromatic carbocycles. The maximum atomic E-state index is 11.5. The summed E-state index contributed by atoms with van der Waals surface area (Å²) in [7, 11) is 0. The third-order valence-corrected chi connectivity index (χ3v) is 3.70. The fourth-order valence-corrected chi connectivity index (χ4v) is 2.44. The van der Waals surface area contributed by atoms with Crippen molar-refractivity contribution in [2.24, 2.45) is 0 Å². The summed E-state index contributed by atoms with van der Waals surface area (Å²) in [6.07, 6.45) is 0.943. The lowest BCUT2D eigenvalue weighted by atomic mass is 10.3. The Labute approximate surface area is 104 Å². The molecule has 0 saturated carbocycles. The topological polar surface area (TPSA) is 29.1 Å². The molecule has 1 amide bonds. The minimum Gasteiger partial charge on any atom is -0.351 e. The first-order valence-corrected chi connectivity index (χ1v) is 6.79. The molecule has 14 heavy (non-hydrogen) atoms. The van der Waals surface area contributed by atoms with Gasteiger partial charge in [-0.25, -0.2) is 0 Å². The second-order valence-corrected chi connectivity index (χ2v) is 6.96. The standard InChI is InChI=1S/C9H11Br2NOS/c1-6(10)4-5-12-9(13)7-2-3-8(11)14-7/h2-3,6H,4-5H2,1H3,(H,12,13). The van der Waals surface area contributed by atoms with Crippen molar-refractivity contribution in [3.05, 3.63) is 20.8 Å². The van der Waals surface area contributed by atoms with Crippen molar-refractivity contribution in [1.29, 1.82) is 0 Å². The summed E-state index contributed by atoms with van der Waals surface area (Å²) < 4.78 is 0.983. The summed E-state index contributed by atoms with van der Waals surface area (Å²) >= 11 is 8.20. The van der Waals surface area contributed by atoms with Crippen molar-refractivity contribution in [2.75, 3.05) is 6.54 Å². The number of hydrogen-bond acceptors (Lipinski definition) is 2. The summed E-state index contributed by atoms with van der Waals surface area (Å²) in [5.74, 6) is 0.00819. The number of hydrogen-bond donors (Lipinski definition) is 1. The van der Waals surface area contributed by atoms with E-state index in [1.807, 2.05) is 12.1 Å². The van der Waals surface area contributed by atoms with Crippen LogP contribution in [0.4, 0.5) is 0 Å². The van der Waals surface area contributed by atoms with Gasteiger partial charge in [-0.05, 0) is 34.5 Å². The molecule has 0 aliphatic carbocycles. The van der Waals surface area contributed by atoms with Gasteiger partial charge in [-0.1, -0.05) is 22.9 Å². The van der Waals surface area contributed by atoms with Crippen LogP contribution in [0, 0.1) is 0 Å². The van der Waals surface area contributed by atoms with Crippen molar-refractivity contribution in [2.45, 2.75) is 18.2 Å². The Morgan fingerprint density at radius 1 is 1.64 bits per heavy atom. The number of amides is 1. The Hall–Kier alpha value is 0.130. The number of carbonyl (C=O) groups excluding carboxylic acids is 1. The molecule has 0 bridgehead atoms. The first-order valence-electron chi connectivity index (χ1n) is 4.27. The van der Waals surface area contributed by atoms with E-state index in [9.17, 15) is 4.79 Å². The van der Waals surface area contributed by atoms with Crippen LogP contribution in [0.3, 0.4) is 0 Å². The fourth-order valence-electron chi connectivity index (χ4n) is 0.908. The molecular weight excluding hydrogens is 330 g/mol. The highest BCUT2D eigenvalue weighted by Gasteiger charge is 2.07. The van der Waals surface area contributed by atoms with Crippen molar-refractivity contribution in [3.63, 3.8) is 0 Å². The van der Waals surface area contributed by atoms with Crippen molar-refractivity contribution in [3.8, 4) is 0 Å². The first-order chi connectivity index (χ1) is 6.59. The predicted octanol–water partition coefficient (Wildman–Crippen LogP) is 3.41. The van der Waals surface area contributed by atoms with E-state index < -0.39 is 0 Å². The molecule has 1 N–H and O–H groups in total. The number of nitrogens with one attached hydrogen (secondary N) is 1. The van der Waals surface area contributed by atoms with E-state index in [0.29, 0.717) is 11.4 Å². The second-order valence-electron chi connectivity index (χ2n) is 2.93. The van der Waals surface area contributed by atoms with Crippen molar-refractivity contribution < 1.29 is 4.79 Å². The molecule has 1 aromatic heterocycles. The van der Waals surface area contributed by atoms with Gasteiger partial charge >= 0.3 is 0 Å². The molecule has 0 aliphatic heterocycles. The van der Waals surface area contributed by atoms with Crippen LogP contribution in [0.15, 0.2) is 15.9 Å². The molecule has 0 fully saturated rings. The van der Waals surface area contributed by atoms with Gasteiger partial charge in [0, 0.05) is 11.4 Å². The smallest absolute Gasteiger partial charge is 0.261 e. The summed E-state index contributed by atoms with van der Waals surface area (Å²) in [5, 5.41) is 2.86. The SMILES string of the molecule is CC(Br)CCNC(=O)c1ccc(Br)s1. The molecule has 5 heteroatoms. The number of alkyl halides is 1. The third kappa shape index (κ3) is 4.11. The van der Waals surface area contributed by atoms with E-state index in [2.05, 4.69) is 44.1 Å². The molecule has 2 nitrogen and oxygen atoms in total. The average molecular weight is 341 g/mol. The zero-order valence-corrected chi connectivity index (χ0v) is 11.7. The number of thiophene rings is 1. The molecule has 78 valence electrons. The highest BCUT2D eigenvalue weighted by Crippen LogP contribution is 2.21. The van der Waals surface area contributed by atoms with Gasteiger partial charge in [-0.15, -0.1) is 11.3 Å². The summed E-state index contributed by atoms with van der Waals surface area (Å²) in [6.45, 7) is 2.77. The largest absolute Gasteiger partial charge is 0.351 e. The van der Waals surface area contributed by atoms with Gasteiger partial charge in [-0.2, -0.15) is 0 Å². The Bertz CT molecular complexity index is 312. The highest BCUT2D eigenvalue weighted by molar-refractivity contribution is 9.11. The number of carbonyl (C=O) groups is 1. The van der Waals surface area contributed by atoms with Gasteiger partial charge in [0.25, 0.3) is 5.91 Å². The van der Waals surface area contributed by atoms with Crippen LogP contribution in [0.2, 0.25) is 0 Å².